The molecule has 2 aliphatic rings. The van der Waals surface area contributed by atoms with Gasteiger partial charge in [-0.3, -0.25) is 9.69 Å². The van der Waals surface area contributed by atoms with E-state index in [4.69, 9.17) is 4.74 Å². The number of aryl methyl sites for hydroxylation is 1. The molecule has 25 heavy (non-hydrogen) atoms. The molecule has 2 aromatic rings. The molecule has 4 rings (SSSR count). The van der Waals surface area contributed by atoms with Crippen LogP contribution in [0.1, 0.15) is 22.5 Å². The van der Waals surface area contributed by atoms with Crippen molar-refractivity contribution in [3.63, 3.8) is 0 Å². The van der Waals surface area contributed by atoms with Crippen molar-refractivity contribution in [2.75, 3.05) is 26.2 Å². The lowest BCUT2D eigenvalue weighted by Crippen LogP contribution is -2.52. The fourth-order valence-electron chi connectivity index (χ4n) is 3.94. The molecule has 0 aliphatic carbocycles. The van der Waals surface area contributed by atoms with Crippen molar-refractivity contribution in [3.05, 3.63) is 59.9 Å². The van der Waals surface area contributed by atoms with Gasteiger partial charge in [0.05, 0.1) is 12.7 Å². The van der Waals surface area contributed by atoms with Crippen LogP contribution >= 0.6 is 0 Å². The van der Waals surface area contributed by atoms with E-state index in [9.17, 15) is 4.79 Å². The number of aromatic nitrogens is 1. The summed E-state index contributed by atoms with van der Waals surface area (Å²) in [5.41, 5.74) is 1.98. The van der Waals surface area contributed by atoms with Gasteiger partial charge in [-0.1, -0.05) is 30.3 Å². The summed E-state index contributed by atoms with van der Waals surface area (Å²) in [6.07, 6.45) is 3.19. The van der Waals surface area contributed by atoms with Gasteiger partial charge in [-0.25, -0.2) is 0 Å². The summed E-state index contributed by atoms with van der Waals surface area (Å²) in [6.45, 7) is 4.18. The van der Waals surface area contributed by atoms with Crippen LogP contribution in [0, 0.1) is 0 Å². The first-order chi connectivity index (χ1) is 12.2. The van der Waals surface area contributed by atoms with E-state index in [1.165, 1.54) is 5.56 Å². The van der Waals surface area contributed by atoms with Gasteiger partial charge in [0, 0.05) is 45.5 Å². The second kappa shape index (κ2) is 7.02. The summed E-state index contributed by atoms with van der Waals surface area (Å²) in [5, 5.41) is 0. The Labute approximate surface area is 148 Å². The smallest absolute Gasteiger partial charge is 0.270 e. The fourth-order valence-corrected chi connectivity index (χ4v) is 3.94. The van der Waals surface area contributed by atoms with E-state index < -0.39 is 0 Å². The van der Waals surface area contributed by atoms with Crippen molar-refractivity contribution < 1.29 is 9.53 Å². The molecular formula is C20H25N3O2. The van der Waals surface area contributed by atoms with Crippen LogP contribution in [0.5, 0.6) is 0 Å². The van der Waals surface area contributed by atoms with Crippen molar-refractivity contribution >= 4 is 5.91 Å². The van der Waals surface area contributed by atoms with Gasteiger partial charge in [-0.05, 0) is 24.1 Å². The monoisotopic (exact) mass is 339 g/mol. The summed E-state index contributed by atoms with van der Waals surface area (Å²) in [6, 6.07) is 14.6. The number of rotatable bonds is 4. The van der Waals surface area contributed by atoms with E-state index in [0.717, 1.165) is 38.3 Å². The molecule has 2 fully saturated rings. The number of benzene rings is 1. The van der Waals surface area contributed by atoms with Gasteiger partial charge in [0.1, 0.15) is 5.69 Å². The Bertz CT molecular complexity index is 728. The highest BCUT2D eigenvalue weighted by Crippen LogP contribution is 2.25. The lowest BCUT2D eigenvalue weighted by molar-refractivity contribution is 0.0450. The molecule has 2 saturated heterocycles. The Morgan fingerprint density at radius 1 is 1.12 bits per heavy atom. The summed E-state index contributed by atoms with van der Waals surface area (Å²) in [7, 11) is 1.92. The van der Waals surface area contributed by atoms with E-state index in [1.807, 2.05) is 53.0 Å². The number of carbonyl (C=O) groups is 1. The van der Waals surface area contributed by atoms with Crippen LogP contribution in [-0.2, 0) is 18.4 Å². The molecule has 0 unspecified atom stereocenters. The Hall–Kier alpha value is -2.11. The zero-order valence-corrected chi connectivity index (χ0v) is 14.7. The molecule has 2 aliphatic heterocycles. The Morgan fingerprint density at radius 2 is 1.96 bits per heavy atom. The molecule has 0 saturated carbocycles. The highest BCUT2D eigenvalue weighted by Gasteiger charge is 2.38. The number of carbonyl (C=O) groups excluding carboxylic acids is 1. The summed E-state index contributed by atoms with van der Waals surface area (Å²) >= 11 is 0. The van der Waals surface area contributed by atoms with Crippen molar-refractivity contribution in [2.24, 2.45) is 7.05 Å². The van der Waals surface area contributed by atoms with Crippen LogP contribution in [-0.4, -0.2) is 58.6 Å². The number of fused-ring (bicyclic) bond motifs is 1. The van der Waals surface area contributed by atoms with Crippen molar-refractivity contribution in [2.45, 2.75) is 25.2 Å². The van der Waals surface area contributed by atoms with Gasteiger partial charge >= 0.3 is 0 Å². The van der Waals surface area contributed by atoms with Crippen molar-refractivity contribution in [1.29, 1.82) is 0 Å². The lowest BCUT2D eigenvalue weighted by atomic mass is 10.1. The topological polar surface area (TPSA) is 37.7 Å². The largest absolute Gasteiger partial charge is 0.372 e. The first-order valence-electron chi connectivity index (χ1n) is 9.01. The van der Waals surface area contributed by atoms with Crippen LogP contribution in [0.15, 0.2) is 48.7 Å². The third-order valence-electron chi connectivity index (χ3n) is 5.36. The molecule has 0 radical (unpaired) electrons. The van der Waals surface area contributed by atoms with Gasteiger partial charge in [-0.2, -0.15) is 0 Å². The molecule has 0 spiro atoms. The summed E-state index contributed by atoms with van der Waals surface area (Å²) < 4.78 is 8.02. The maximum atomic E-state index is 12.7. The number of hydrogen-bond donors (Lipinski definition) is 0. The lowest BCUT2D eigenvalue weighted by Gasteiger charge is -2.37. The van der Waals surface area contributed by atoms with Crippen LogP contribution in [0.2, 0.25) is 0 Å². The third kappa shape index (κ3) is 3.48. The van der Waals surface area contributed by atoms with E-state index in [1.54, 1.807) is 0 Å². The van der Waals surface area contributed by atoms with E-state index in [-0.39, 0.29) is 12.0 Å². The van der Waals surface area contributed by atoms with Gasteiger partial charge in [-0.15, -0.1) is 0 Å². The van der Waals surface area contributed by atoms with Crippen molar-refractivity contribution in [1.82, 2.24) is 14.4 Å². The predicted octanol–water partition coefficient (Wildman–Crippen LogP) is 2.14. The maximum Gasteiger partial charge on any atom is 0.270 e. The van der Waals surface area contributed by atoms with E-state index in [2.05, 4.69) is 17.0 Å². The Kier molecular flexibility index (Phi) is 4.59. The Balaban J connectivity index is 1.33. The summed E-state index contributed by atoms with van der Waals surface area (Å²) in [4.78, 5) is 17.2. The second-order valence-corrected chi connectivity index (χ2v) is 7.06. The first kappa shape index (κ1) is 16.4. The summed E-state index contributed by atoms with van der Waals surface area (Å²) in [5.74, 6) is 0.140. The minimum absolute atomic E-state index is 0.140. The molecule has 2 atom stereocenters. The second-order valence-electron chi connectivity index (χ2n) is 7.06. The average molecular weight is 339 g/mol. The van der Waals surface area contributed by atoms with Crippen LogP contribution in [0.25, 0.3) is 0 Å². The van der Waals surface area contributed by atoms with Crippen molar-refractivity contribution in [3.8, 4) is 0 Å². The van der Waals surface area contributed by atoms with Gasteiger partial charge in [0.2, 0.25) is 0 Å². The highest BCUT2D eigenvalue weighted by atomic mass is 16.5. The predicted molar refractivity (Wildman–Crippen MR) is 96.3 cm³/mol. The minimum Gasteiger partial charge on any atom is -0.372 e. The molecular weight excluding hydrogens is 314 g/mol. The molecule has 1 amide bonds. The molecule has 5 nitrogen and oxygen atoms in total. The third-order valence-corrected chi connectivity index (χ3v) is 5.36. The van der Waals surface area contributed by atoms with Crippen LogP contribution in [0.3, 0.4) is 0 Å². The standard InChI is InChI=1S/C20H25N3O2/c1-21-9-5-8-19(21)20(24)23-11-10-22-14-18(12-17(22)13-23)25-15-16-6-3-2-4-7-16/h2-9,17-18H,10-15H2,1H3/t17-,18+/m0/s1. The number of nitrogens with zero attached hydrogens (tertiary/aromatic N) is 3. The van der Waals surface area contributed by atoms with Crippen LogP contribution in [0.4, 0.5) is 0 Å². The fraction of sp³-hybridized carbons (Fsp3) is 0.450. The number of piperazine rings is 1. The maximum absolute atomic E-state index is 12.7. The molecule has 1 aromatic heterocycles. The number of amides is 1. The molecule has 0 N–H and O–H groups in total. The number of ether oxygens (including phenoxy) is 1. The minimum atomic E-state index is 0.140. The van der Waals surface area contributed by atoms with E-state index >= 15 is 0 Å². The van der Waals surface area contributed by atoms with Gasteiger partial charge in [0.25, 0.3) is 5.91 Å². The molecule has 5 heteroatoms. The van der Waals surface area contributed by atoms with Gasteiger partial charge in [0.15, 0.2) is 0 Å². The average Bonchev–Trinajstić information content (AvgIpc) is 3.25. The van der Waals surface area contributed by atoms with Gasteiger partial charge < -0.3 is 14.2 Å². The normalized spacial score (nSPS) is 23.6. The quantitative estimate of drug-likeness (QED) is 0.856. The first-order valence-corrected chi connectivity index (χ1v) is 9.01. The molecule has 3 heterocycles. The molecule has 132 valence electrons. The van der Waals surface area contributed by atoms with E-state index in [0.29, 0.717) is 12.6 Å². The SMILES string of the molecule is Cn1cccc1C(=O)N1CCN2C[C@H](OCc3ccccc3)C[C@H]2C1. The molecule has 0 bridgehead atoms. The zero-order valence-electron chi connectivity index (χ0n) is 14.7. The highest BCUT2D eigenvalue weighted by molar-refractivity contribution is 5.92. The Morgan fingerprint density at radius 3 is 2.72 bits per heavy atom. The molecule has 1 aromatic carbocycles. The van der Waals surface area contributed by atoms with Crippen LogP contribution < -0.4 is 0 Å². The number of hydrogen-bond acceptors (Lipinski definition) is 3. The zero-order chi connectivity index (χ0) is 17.2.